The molecule has 0 saturated heterocycles. The molecule has 2 fully saturated rings. The molecular weight excluding hydrogens is 216 g/mol. The quantitative estimate of drug-likeness (QED) is 0.755. The highest BCUT2D eigenvalue weighted by atomic mass is 16.2. The Morgan fingerprint density at radius 1 is 1.29 bits per heavy atom. The molecule has 0 aromatic rings. The third-order valence-corrected chi connectivity index (χ3v) is 4.42. The predicted molar refractivity (Wildman–Crippen MR) is 65.0 cm³/mol. The van der Waals surface area contributed by atoms with Gasteiger partial charge in [-0.25, -0.2) is 0 Å². The molecule has 3 N–H and O–H groups in total. The van der Waals surface area contributed by atoms with Gasteiger partial charge in [-0.1, -0.05) is 6.42 Å². The maximum Gasteiger partial charge on any atom is 0.220 e. The maximum absolute atomic E-state index is 11.6. The second-order valence-corrected chi connectivity index (χ2v) is 5.66. The first-order valence-electron chi connectivity index (χ1n) is 6.64. The topological polar surface area (TPSA) is 72.2 Å². The predicted octanol–water partition coefficient (Wildman–Crippen LogP) is 1.19. The van der Waals surface area contributed by atoms with Crippen molar-refractivity contribution in [3.63, 3.8) is 0 Å². The Kier molecular flexibility index (Phi) is 3.69. The van der Waals surface area contributed by atoms with E-state index >= 15 is 0 Å². The van der Waals surface area contributed by atoms with Crippen LogP contribution in [0.2, 0.25) is 0 Å². The summed E-state index contributed by atoms with van der Waals surface area (Å²) >= 11 is 0. The van der Waals surface area contributed by atoms with Gasteiger partial charge in [-0.3, -0.25) is 9.59 Å². The number of hydrogen-bond donors (Lipinski definition) is 2. The molecule has 2 bridgehead atoms. The van der Waals surface area contributed by atoms with Crippen LogP contribution in [0, 0.1) is 17.8 Å². The number of amides is 2. The highest BCUT2D eigenvalue weighted by Gasteiger charge is 2.41. The lowest BCUT2D eigenvalue weighted by Gasteiger charge is -2.28. The fourth-order valence-corrected chi connectivity index (χ4v) is 3.58. The van der Waals surface area contributed by atoms with Crippen LogP contribution in [-0.2, 0) is 9.59 Å². The number of carbonyl (C=O) groups is 2. The number of hydrogen-bond acceptors (Lipinski definition) is 2. The zero-order valence-electron chi connectivity index (χ0n) is 10.4. The Morgan fingerprint density at radius 3 is 2.59 bits per heavy atom. The molecule has 4 atom stereocenters. The van der Waals surface area contributed by atoms with Crippen LogP contribution < -0.4 is 11.1 Å². The van der Waals surface area contributed by atoms with Crippen molar-refractivity contribution in [2.45, 2.75) is 51.5 Å². The fraction of sp³-hybridized carbons (Fsp3) is 0.846. The first-order chi connectivity index (χ1) is 8.06. The van der Waals surface area contributed by atoms with Crippen LogP contribution in [0.3, 0.4) is 0 Å². The molecule has 2 rings (SSSR count). The van der Waals surface area contributed by atoms with E-state index in [0.29, 0.717) is 5.92 Å². The van der Waals surface area contributed by atoms with Gasteiger partial charge in [0.1, 0.15) is 0 Å². The van der Waals surface area contributed by atoms with Crippen molar-refractivity contribution in [1.82, 2.24) is 5.32 Å². The maximum atomic E-state index is 11.6. The standard InChI is InChI=1S/C13H22N2O2/c1-8(15-13(17)5-4-12(14)16)11-7-9-2-3-10(11)6-9/h8-11H,2-7H2,1H3,(H2,14,16)(H,15,17). The van der Waals surface area contributed by atoms with E-state index in [2.05, 4.69) is 12.2 Å². The number of rotatable bonds is 5. The molecule has 4 nitrogen and oxygen atoms in total. The molecule has 17 heavy (non-hydrogen) atoms. The van der Waals surface area contributed by atoms with Crippen LogP contribution in [0.25, 0.3) is 0 Å². The largest absolute Gasteiger partial charge is 0.370 e. The molecule has 0 heterocycles. The summed E-state index contributed by atoms with van der Waals surface area (Å²) in [5.74, 6) is 1.90. The van der Waals surface area contributed by atoms with Gasteiger partial charge in [-0.15, -0.1) is 0 Å². The van der Waals surface area contributed by atoms with E-state index in [1.54, 1.807) is 0 Å². The second-order valence-electron chi connectivity index (χ2n) is 5.66. The van der Waals surface area contributed by atoms with E-state index in [4.69, 9.17) is 5.73 Å². The van der Waals surface area contributed by atoms with Gasteiger partial charge in [-0.2, -0.15) is 0 Å². The van der Waals surface area contributed by atoms with Gasteiger partial charge in [-0.05, 0) is 43.9 Å². The number of primary amides is 1. The van der Waals surface area contributed by atoms with E-state index in [1.807, 2.05) is 0 Å². The Hall–Kier alpha value is -1.06. The fourth-order valence-electron chi connectivity index (χ4n) is 3.58. The molecule has 2 aliphatic rings. The van der Waals surface area contributed by atoms with Gasteiger partial charge < -0.3 is 11.1 Å². The van der Waals surface area contributed by atoms with Gasteiger partial charge >= 0.3 is 0 Å². The first-order valence-corrected chi connectivity index (χ1v) is 6.64. The van der Waals surface area contributed by atoms with Gasteiger partial charge in [0.25, 0.3) is 0 Å². The average Bonchev–Trinajstić information content (AvgIpc) is 2.87. The molecule has 0 spiro atoms. The highest BCUT2D eigenvalue weighted by molar-refractivity contribution is 5.82. The minimum atomic E-state index is -0.410. The van der Waals surface area contributed by atoms with Gasteiger partial charge in [0, 0.05) is 18.9 Å². The number of nitrogens with two attached hydrogens (primary N) is 1. The molecule has 4 heteroatoms. The molecule has 96 valence electrons. The summed E-state index contributed by atoms with van der Waals surface area (Å²) in [7, 11) is 0. The Bertz CT molecular complexity index is 317. The van der Waals surface area contributed by atoms with Gasteiger partial charge in [0.2, 0.25) is 11.8 Å². The third kappa shape index (κ3) is 2.99. The average molecular weight is 238 g/mol. The number of carbonyl (C=O) groups excluding carboxylic acids is 2. The third-order valence-electron chi connectivity index (χ3n) is 4.42. The normalized spacial score (nSPS) is 32.4. The smallest absolute Gasteiger partial charge is 0.220 e. The van der Waals surface area contributed by atoms with Crippen LogP contribution in [0.1, 0.15) is 45.4 Å². The Labute approximate surface area is 102 Å². The van der Waals surface area contributed by atoms with E-state index in [1.165, 1.54) is 25.7 Å². The van der Waals surface area contributed by atoms with Gasteiger partial charge in [0.15, 0.2) is 0 Å². The van der Waals surface area contributed by atoms with Crippen LogP contribution in [-0.4, -0.2) is 17.9 Å². The lowest BCUT2D eigenvalue weighted by Crippen LogP contribution is -2.40. The van der Waals surface area contributed by atoms with E-state index in [-0.39, 0.29) is 24.8 Å². The summed E-state index contributed by atoms with van der Waals surface area (Å²) in [5, 5.41) is 3.02. The van der Waals surface area contributed by atoms with Crippen LogP contribution in [0.5, 0.6) is 0 Å². The van der Waals surface area contributed by atoms with Crippen LogP contribution in [0.4, 0.5) is 0 Å². The Balaban J connectivity index is 1.75. The molecule has 0 aliphatic heterocycles. The summed E-state index contributed by atoms with van der Waals surface area (Å²) in [6.07, 6.45) is 5.70. The highest BCUT2D eigenvalue weighted by Crippen LogP contribution is 2.49. The van der Waals surface area contributed by atoms with Crippen molar-refractivity contribution < 1.29 is 9.59 Å². The van der Waals surface area contributed by atoms with Crippen molar-refractivity contribution in [3.05, 3.63) is 0 Å². The monoisotopic (exact) mass is 238 g/mol. The summed E-state index contributed by atoms with van der Waals surface area (Å²) in [6, 6.07) is 0.241. The summed E-state index contributed by atoms with van der Waals surface area (Å²) in [4.78, 5) is 22.2. The SMILES string of the molecule is CC(NC(=O)CCC(N)=O)C1CC2CCC1C2. The van der Waals surface area contributed by atoms with E-state index in [9.17, 15) is 9.59 Å². The van der Waals surface area contributed by atoms with E-state index in [0.717, 1.165) is 11.8 Å². The lowest BCUT2D eigenvalue weighted by molar-refractivity contribution is -0.125. The molecule has 0 aromatic heterocycles. The van der Waals surface area contributed by atoms with Gasteiger partial charge in [0.05, 0.1) is 0 Å². The van der Waals surface area contributed by atoms with Crippen LogP contribution >= 0.6 is 0 Å². The van der Waals surface area contributed by atoms with Crippen molar-refractivity contribution >= 4 is 11.8 Å². The minimum absolute atomic E-state index is 0.0425. The van der Waals surface area contributed by atoms with Crippen molar-refractivity contribution in [3.8, 4) is 0 Å². The van der Waals surface area contributed by atoms with Crippen molar-refractivity contribution in [1.29, 1.82) is 0 Å². The molecule has 2 saturated carbocycles. The zero-order chi connectivity index (χ0) is 12.4. The molecule has 2 aliphatic carbocycles. The van der Waals surface area contributed by atoms with Crippen LogP contribution in [0.15, 0.2) is 0 Å². The second kappa shape index (κ2) is 5.07. The Morgan fingerprint density at radius 2 is 2.06 bits per heavy atom. The molecule has 0 aromatic carbocycles. The molecular formula is C13H22N2O2. The zero-order valence-corrected chi connectivity index (χ0v) is 10.4. The summed E-state index contributed by atoms with van der Waals surface area (Å²) < 4.78 is 0. The number of fused-ring (bicyclic) bond motifs is 2. The first kappa shape index (κ1) is 12.4. The summed E-state index contributed by atoms with van der Waals surface area (Å²) in [5.41, 5.74) is 5.02. The summed E-state index contributed by atoms with van der Waals surface area (Å²) in [6.45, 7) is 2.09. The molecule has 0 radical (unpaired) electrons. The minimum Gasteiger partial charge on any atom is -0.370 e. The molecule has 4 unspecified atom stereocenters. The lowest BCUT2D eigenvalue weighted by atomic mass is 9.84. The van der Waals surface area contributed by atoms with Crippen molar-refractivity contribution in [2.24, 2.45) is 23.5 Å². The van der Waals surface area contributed by atoms with E-state index < -0.39 is 5.91 Å². The number of nitrogens with one attached hydrogen (secondary N) is 1. The van der Waals surface area contributed by atoms with Crippen molar-refractivity contribution in [2.75, 3.05) is 0 Å². The molecule has 2 amide bonds.